The molecule has 1 aliphatic heterocycles. The van der Waals surface area contributed by atoms with Gasteiger partial charge in [-0.1, -0.05) is 5.16 Å². The summed E-state index contributed by atoms with van der Waals surface area (Å²) in [5.74, 6) is 2.87. The van der Waals surface area contributed by atoms with Gasteiger partial charge in [0.2, 0.25) is 5.89 Å². The summed E-state index contributed by atoms with van der Waals surface area (Å²) in [4.78, 5) is 8.83. The SMILES string of the molecule is CSCc1noc(Cn2ccnc2-c2cc3n(n2)CCNC3)n1.Cl. The monoisotopic (exact) mass is 367 g/mol. The van der Waals surface area contributed by atoms with Gasteiger partial charge in [0, 0.05) is 25.5 Å². The summed E-state index contributed by atoms with van der Waals surface area (Å²) in [6.07, 6.45) is 5.69. The van der Waals surface area contributed by atoms with Crippen LogP contribution in [0, 0.1) is 0 Å². The molecular formula is C14H18ClN7OS. The second-order valence-electron chi connectivity index (χ2n) is 5.34. The van der Waals surface area contributed by atoms with Crippen molar-refractivity contribution < 1.29 is 4.52 Å². The smallest absolute Gasteiger partial charge is 0.246 e. The van der Waals surface area contributed by atoms with E-state index in [-0.39, 0.29) is 12.4 Å². The van der Waals surface area contributed by atoms with Crippen molar-refractivity contribution in [2.75, 3.05) is 12.8 Å². The molecule has 0 amide bonds. The topological polar surface area (TPSA) is 86.6 Å². The molecule has 4 rings (SSSR count). The van der Waals surface area contributed by atoms with Crippen molar-refractivity contribution in [1.82, 2.24) is 34.8 Å². The molecule has 10 heteroatoms. The van der Waals surface area contributed by atoms with Gasteiger partial charge < -0.3 is 14.4 Å². The quantitative estimate of drug-likeness (QED) is 0.732. The molecule has 0 radical (unpaired) electrons. The van der Waals surface area contributed by atoms with E-state index in [1.54, 1.807) is 18.0 Å². The minimum absolute atomic E-state index is 0. The number of nitrogens with one attached hydrogen (secondary N) is 1. The average molecular weight is 368 g/mol. The van der Waals surface area contributed by atoms with Crippen LogP contribution in [0.1, 0.15) is 17.4 Å². The Morgan fingerprint density at radius 1 is 1.42 bits per heavy atom. The van der Waals surface area contributed by atoms with Crippen LogP contribution in [-0.4, -0.2) is 42.3 Å². The molecule has 0 spiro atoms. The van der Waals surface area contributed by atoms with Gasteiger partial charge in [0.1, 0.15) is 12.2 Å². The molecule has 0 unspecified atom stereocenters. The molecule has 0 saturated carbocycles. The van der Waals surface area contributed by atoms with Crippen LogP contribution in [0.4, 0.5) is 0 Å². The molecule has 3 aromatic heterocycles. The maximum Gasteiger partial charge on any atom is 0.246 e. The van der Waals surface area contributed by atoms with Gasteiger partial charge in [0.15, 0.2) is 11.6 Å². The van der Waals surface area contributed by atoms with E-state index in [0.717, 1.165) is 42.7 Å². The minimum Gasteiger partial charge on any atom is -0.337 e. The first-order valence-electron chi connectivity index (χ1n) is 7.43. The summed E-state index contributed by atoms with van der Waals surface area (Å²) in [7, 11) is 0. The maximum absolute atomic E-state index is 5.30. The van der Waals surface area contributed by atoms with Crippen LogP contribution in [0.5, 0.6) is 0 Å². The molecule has 8 nitrogen and oxygen atoms in total. The molecule has 0 bridgehead atoms. The van der Waals surface area contributed by atoms with Crippen LogP contribution < -0.4 is 5.32 Å². The van der Waals surface area contributed by atoms with E-state index >= 15 is 0 Å². The normalized spacial score (nSPS) is 13.5. The summed E-state index contributed by atoms with van der Waals surface area (Å²) in [6, 6.07) is 2.08. The molecule has 0 fully saturated rings. The van der Waals surface area contributed by atoms with E-state index in [4.69, 9.17) is 4.52 Å². The summed E-state index contributed by atoms with van der Waals surface area (Å²) < 4.78 is 9.32. The highest BCUT2D eigenvalue weighted by Crippen LogP contribution is 2.20. The Bertz CT molecular complexity index is 788. The third-order valence-electron chi connectivity index (χ3n) is 3.70. The summed E-state index contributed by atoms with van der Waals surface area (Å²) >= 11 is 1.67. The number of imidazole rings is 1. The Morgan fingerprint density at radius 2 is 2.33 bits per heavy atom. The molecule has 3 aromatic rings. The zero-order valence-corrected chi connectivity index (χ0v) is 14.8. The summed E-state index contributed by atoms with van der Waals surface area (Å²) in [6.45, 7) is 3.17. The highest BCUT2D eigenvalue weighted by molar-refractivity contribution is 7.97. The number of hydrogen-bond donors (Lipinski definition) is 1. The molecule has 1 N–H and O–H groups in total. The van der Waals surface area contributed by atoms with Crippen LogP contribution in [-0.2, 0) is 25.4 Å². The molecule has 128 valence electrons. The Hall–Kier alpha value is -1.84. The van der Waals surface area contributed by atoms with Gasteiger partial charge in [-0.3, -0.25) is 4.68 Å². The molecule has 0 aromatic carbocycles. The van der Waals surface area contributed by atoms with Crippen molar-refractivity contribution >= 4 is 24.2 Å². The van der Waals surface area contributed by atoms with Gasteiger partial charge >= 0.3 is 0 Å². The van der Waals surface area contributed by atoms with Crippen LogP contribution in [0.25, 0.3) is 11.5 Å². The van der Waals surface area contributed by atoms with Gasteiger partial charge in [0.25, 0.3) is 0 Å². The van der Waals surface area contributed by atoms with Gasteiger partial charge in [-0.25, -0.2) is 4.98 Å². The third kappa shape index (κ3) is 3.33. The van der Waals surface area contributed by atoms with Gasteiger partial charge in [-0.2, -0.15) is 21.8 Å². The molecule has 0 atom stereocenters. The van der Waals surface area contributed by atoms with Crippen molar-refractivity contribution in [3.05, 3.63) is 35.9 Å². The predicted octanol–water partition coefficient (Wildman–Crippen LogP) is 1.57. The number of hydrogen-bond acceptors (Lipinski definition) is 7. The summed E-state index contributed by atoms with van der Waals surface area (Å²) in [5.41, 5.74) is 2.05. The number of rotatable bonds is 5. The largest absolute Gasteiger partial charge is 0.337 e. The third-order valence-corrected chi connectivity index (χ3v) is 4.25. The zero-order chi connectivity index (χ0) is 15.6. The first kappa shape index (κ1) is 17.0. The van der Waals surface area contributed by atoms with Crippen molar-refractivity contribution in [2.24, 2.45) is 0 Å². The maximum atomic E-state index is 5.30. The lowest BCUT2D eigenvalue weighted by atomic mass is 10.3. The average Bonchev–Trinajstić information content (AvgIpc) is 3.27. The lowest BCUT2D eigenvalue weighted by Crippen LogP contribution is -2.28. The lowest BCUT2D eigenvalue weighted by Gasteiger charge is -2.13. The first-order valence-corrected chi connectivity index (χ1v) is 8.82. The van der Waals surface area contributed by atoms with Gasteiger partial charge in [-0.15, -0.1) is 12.4 Å². The molecule has 4 heterocycles. The highest BCUT2D eigenvalue weighted by Gasteiger charge is 2.17. The Kier molecular flexibility index (Phi) is 5.22. The van der Waals surface area contributed by atoms with E-state index in [2.05, 4.69) is 31.6 Å². The predicted molar refractivity (Wildman–Crippen MR) is 93.0 cm³/mol. The van der Waals surface area contributed by atoms with E-state index in [1.165, 1.54) is 5.69 Å². The second-order valence-corrected chi connectivity index (χ2v) is 6.20. The first-order chi connectivity index (χ1) is 11.3. The number of thioether (sulfide) groups is 1. The van der Waals surface area contributed by atoms with E-state index in [9.17, 15) is 0 Å². The van der Waals surface area contributed by atoms with E-state index < -0.39 is 0 Å². The van der Waals surface area contributed by atoms with Crippen LogP contribution in [0.15, 0.2) is 23.0 Å². The standard InChI is InChI=1S/C14H17N7OS.ClH/c1-23-9-12-17-13(22-19-12)8-20-4-3-16-14(20)11-6-10-7-15-2-5-21(10)18-11;/h3-4,6,15H,2,5,7-9H2,1H3;1H. The fourth-order valence-electron chi connectivity index (χ4n) is 2.66. The minimum atomic E-state index is 0. The molecular weight excluding hydrogens is 350 g/mol. The number of fused-ring (bicyclic) bond motifs is 1. The van der Waals surface area contributed by atoms with Crippen LogP contribution in [0.3, 0.4) is 0 Å². The molecule has 1 aliphatic rings. The number of aromatic nitrogens is 6. The Labute approximate surface area is 149 Å². The fourth-order valence-corrected chi connectivity index (χ4v) is 3.04. The number of nitrogens with zero attached hydrogens (tertiary/aromatic N) is 6. The second kappa shape index (κ2) is 7.37. The number of halogens is 1. The van der Waals surface area contributed by atoms with E-state index in [0.29, 0.717) is 12.4 Å². The highest BCUT2D eigenvalue weighted by atomic mass is 35.5. The van der Waals surface area contributed by atoms with Crippen molar-refractivity contribution in [1.29, 1.82) is 0 Å². The van der Waals surface area contributed by atoms with Crippen molar-refractivity contribution in [3.8, 4) is 11.5 Å². The van der Waals surface area contributed by atoms with Crippen LogP contribution in [0.2, 0.25) is 0 Å². The van der Waals surface area contributed by atoms with Crippen LogP contribution >= 0.6 is 24.2 Å². The van der Waals surface area contributed by atoms with E-state index in [1.807, 2.05) is 21.7 Å². The summed E-state index contributed by atoms with van der Waals surface area (Å²) in [5, 5.41) is 12.0. The zero-order valence-electron chi connectivity index (χ0n) is 13.2. The molecule has 0 aliphatic carbocycles. The Balaban J connectivity index is 0.00000169. The molecule has 0 saturated heterocycles. The van der Waals surface area contributed by atoms with Crippen molar-refractivity contribution in [3.63, 3.8) is 0 Å². The Morgan fingerprint density at radius 3 is 3.17 bits per heavy atom. The fraction of sp³-hybridized carbons (Fsp3) is 0.429. The van der Waals surface area contributed by atoms with Crippen molar-refractivity contribution in [2.45, 2.75) is 25.4 Å². The molecule has 24 heavy (non-hydrogen) atoms. The van der Waals surface area contributed by atoms with Gasteiger partial charge in [-0.05, 0) is 12.3 Å². The lowest BCUT2D eigenvalue weighted by molar-refractivity contribution is 0.368. The van der Waals surface area contributed by atoms with Gasteiger partial charge in [0.05, 0.1) is 18.0 Å².